The first-order chi connectivity index (χ1) is 9.19. The van der Waals surface area contributed by atoms with Gasteiger partial charge in [0.2, 0.25) is 0 Å². The molecule has 0 aliphatic rings. The molecule has 1 aromatic carbocycles. The normalized spacial score (nSPS) is 10.5. The standard InChI is InChI=1S/C13H14Cl2N2OS/c1-2-5-16-13-17-7-10(19-13)8-18-12-6-9(14)3-4-11(12)15/h3-4,6-7H,2,5,8H2,1H3,(H,16,17). The molecular formula is C13H14Cl2N2OS. The van der Waals surface area contributed by atoms with Crippen LogP contribution in [0.1, 0.15) is 18.2 Å². The summed E-state index contributed by atoms with van der Waals surface area (Å²) in [5, 5.41) is 5.31. The number of ether oxygens (including phenoxy) is 1. The highest BCUT2D eigenvalue weighted by Crippen LogP contribution is 2.29. The van der Waals surface area contributed by atoms with Crippen LogP contribution in [0.5, 0.6) is 5.75 Å². The van der Waals surface area contributed by atoms with Crippen molar-refractivity contribution in [1.29, 1.82) is 0 Å². The average Bonchev–Trinajstić information content (AvgIpc) is 2.85. The molecule has 0 fully saturated rings. The summed E-state index contributed by atoms with van der Waals surface area (Å²) in [4.78, 5) is 5.31. The molecule has 0 amide bonds. The summed E-state index contributed by atoms with van der Waals surface area (Å²) in [6, 6.07) is 5.16. The molecule has 0 atom stereocenters. The molecule has 1 N–H and O–H groups in total. The fourth-order valence-corrected chi connectivity index (χ4v) is 2.51. The number of anilines is 1. The molecule has 19 heavy (non-hydrogen) atoms. The summed E-state index contributed by atoms with van der Waals surface area (Å²) in [6.07, 6.45) is 2.88. The van der Waals surface area contributed by atoms with Crippen molar-refractivity contribution in [3.8, 4) is 5.75 Å². The predicted octanol–water partition coefficient (Wildman–Crippen LogP) is 4.85. The molecule has 1 heterocycles. The van der Waals surface area contributed by atoms with Crippen LogP contribution in [0.2, 0.25) is 10.0 Å². The van der Waals surface area contributed by atoms with Gasteiger partial charge in [-0.1, -0.05) is 41.5 Å². The number of hydrogen-bond donors (Lipinski definition) is 1. The van der Waals surface area contributed by atoms with Crippen LogP contribution in [0, 0.1) is 0 Å². The lowest BCUT2D eigenvalue weighted by atomic mass is 10.3. The van der Waals surface area contributed by atoms with Crippen LogP contribution < -0.4 is 10.1 Å². The molecule has 1 aromatic heterocycles. The smallest absolute Gasteiger partial charge is 0.182 e. The van der Waals surface area contributed by atoms with E-state index in [1.165, 1.54) is 0 Å². The Hall–Kier alpha value is -0.970. The highest BCUT2D eigenvalue weighted by atomic mass is 35.5. The average molecular weight is 317 g/mol. The molecule has 0 saturated heterocycles. The Kier molecular flexibility index (Phi) is 5.31. The molecule has 2 aromatic rings. The number of aromatic nitrogens is 1. The summed E-state index contributed by atoms with van der Waals surface area (Å²) in [7, 11) is 0. The van der Waals surface area contributed by atoms with Gasteiger partial charge in [0.15, 0.2) is 5.13 Å². The van der Waals surface area contributed by atoms with Crippen LogP contribution in [-0.4, -0.2) is 11.5 Å². The molecule has 0 aliphatic carbocycles. The Morgan fingerprint density at radius 3 is 3.00 bits per heavy atom. The molecule has 0 aliphatic heterocycles. The van der Waals surface area contributed by atoms with E-state index in [4.69, 9.17) is 27.9 Å². The SMILES string of the molecule is CCCNc1ncc(COc2cc(Cl)ccc2Cl)s1. The Bertz CT molecular complexity index is 545. The second-order valence-corrected chi connectivity index (χ2v) is 5.88. The lowest BCUT2D eigenvalue weighted by Gasteiger charge is -2.06. The maximum absolute atomic E-state index is 6.03. The molecule has 0 radical (unpaired) electrons. The van der Waals surface area contributed by atoms with Crippen molar-refractivity contribution in [3.05, 3.63) is 39.3 Å². The molecule has 6 heteroatoms. The van der Waals surface area contributed by atoms with E-state index in [2.05, 4.69) is 17.2 Å². The zero-order chi connectivity index (χ0) is 13.7. The third kappa shape index (κ3) is 4.27. The fourth-order valence-electron chi connectivity index (χ4n) is 1.42. The molecule has 102 valence electrons. The molecule has 0 unspecified atom stereocenters. The van der Waals surface area contributed by atoms with Crippen LogP contribution in [-0.2, 0) is 6.61 Å². The highest BCUT2D eigenvalue weighted by Gasteiger charge is 2.05. The summed E-state index contributed by atoms with van der Waals surface area (Å²) < 4.78 is 5.65. The highest BCUT2D eigenvalue weighted by molar-refractivity contribution is 7.15. The zero-order valence-electron chi connectivity index (χ0n) is 10.5. The Labute approximate surface area is 126 Å². The number of benzene rings is 1. The van der Waals surface area contributed by atoms with E-state index < -0.39 is 0 Å². The monoisotopic (exact) mass is 316 g/mol. The van der Waals surface area contributed by atoms with Crippen molar-refractivity contribution in [2.45, 2.75) is 20.0 Å². The van der Waals surface area contributed by atoms with E-state index >= 15 is 0 Å². The topological polar surface area (TPSA) is 34.2 Å². The van der Waals surface area contributed by atoms with Gasteiger partial charge in [-0.2, -0.15) is 0 Å². The third-order valence-corrected chi connectivity index (χ3v) is 3.82. The van der Waals surface area contributed by atoms with Crippen molar-refractivity contribution >= 4 is 39.7 Å². The summed E-state index contributed by atoms with van der Waals surface area (Å²) >= 11 is 13.5. The van der Waals surface area contributed by atoms with Crippen molar-refractivity contribution < 1.29 is 4.74 Å². The van der Waals surface area contributed by atoms with Gasteiger partial charge in [0.1, 0.15) is 12.4 Å². The van der Waals surface area contributed by atoms with Crippen LogP contribution in [0.3, 0.4) is 0 Å². The van der Waals surface area contributed by atoms with Crippen LogP contribution in [0.15, 0.2) is 24.4 Å². The van der Waals surface area contributed by atoms with Crippen LogP contribution in [0.4, 0.5) is 5.13 Å². The number of nitrogens with one attached hydrogen (secondary N) is 1. The number of hydrogen-bond acceptors (Lipinski definition) is 4. The van der Waals surface area contributed by atoms with E-state index in [0.29, 0.717) is 22.4 Å². The van der Waals surface area contributed by atoms with Crippen molar-refractivity contribution in [2.75, 3.05) is 11.9 Å². The summed E-state index contributed by atoms with van der Waals surface area (Å²) in [5.74, 6) is 0.589. The zero-order valence-corrected chi connectivity index (χ0v) is 12.8. The number of halogens is 2. The van der Waals surface area contributed by atoms with Gasteiger partial charge in [0.05, 0.1) is 9.90 Å². The first kappa shape index (κ1) is 14.4. The Morgan fingerprint density at radius 1 is 1.37 bits per heavy atom. The van der Waals surface area contributed by atoms with Gasteiger partial charge < -0.3 is 10.1 Å². The minimum absolute atomic E-state index is 0.436. The minimum Gasteiger partial charge on any atom is -0.486 e. The van der Waals surface area contributed by atoms with E-state index in [1.54, 1.807) is 35.7 Å². The number of nitrogens with zero attached hydrogens (tertiary/aromatic N) is 1. The molecule has 3 nitrogen and oxygen atoms in total. The second-order valence-electron chi connectivity index (χ2n) is 3.92. The lowest BCUT2D eigenvalue weighted by Crippen LogP contribution is -1.97. The van der Waals surface area contributed by atoms with Gasteiger partial charge in [0, 0.05) is 23.8 Å². The maximum atomic E-state index is 6.03. The van der Waals surface area contributed by atoms with Crippen LogP contribution in [0.25, 0.3) is 0 Å². The first-order valence-electron chi connectivity index (χ1n) is 5.95. The van der Waals surface area contributed by atoms with Crippen LogP contribution >= 0.6 is 34.5 Å². The van der Waals surface area contributed by atoms with Crippen molar-refractivity contribution in [2.24, 2.45) is 0 Å². The first-order valence-corrected chi connectivity index (χ1v) is 7.52. The summed E-state index contributed by atoms with van der Waals surface area (Å²) in [5.41, 5.74) is 0. The van der Waals surface area contributed by atoms with Gasteiger partial charge in [-0.15, -0.1) is 0 Å². The van der Waals surface area contributed by atoms with Gasteiger partial charge in [-0.05, 0) is 18.6 Å². The van der Waals surface area contributed by atoms with Gasteiger partial charge >= 0.3 is 0 Å². The fraction of sp³-hybridized carbons (Fsp3) is 0.308. The quantitative estimate of drug-likeness (QED) is 0.827. The molecule has 0 bridgehead atoms. The molecule has 0 saturated carbocycles. The number of thiazole rings is 1. The van der Waals surface area contributed by atoms with E-state index in [-0.39, 0.29) is 0 Å². The lowest BCUT2D eigenvalue weighted by molar-refractivity contribution is 0.310. The second kappa shape index (κ2) is 6.98. The number of rotatable bonds is 6. The maximum Gasteiger partial charge on any atom is 0.182 e. The summed E-state index contributed by atoms with van der Waals surface area (Å²) in [6.45, 7) is 3.48. The predicted molar refractivity (Wildman–Crippen MR) is 81.7 cm³/mol. The Balaban J connectivity index is 1.94. The third-order valence-electron chi connectivity index (χ3n) is 2.34. The van der Waals surface area contributed by atoms with E-state index in [0.717, 1.165) is 23.0 Å². The van der Waals surface area contributed by atoms with E-state index in [1.807, 2.05) is 0 Å². The van der Waals surface area contributed by atoms with E-state index in [9.17, 15) is 0 Å². The van der Waals surface area contributed by atoms with Gasteiger partial charge in [0.25, 0.3) is 0 Å². The molecular weight excluding hydrogens is 303 g/mol. The van der Waals surface area contributed by atoms with Crippen molar-refractivity contribution in [1.82, 2.24) is 4.98 Å². The van der Waals surface area contributed by atoms with Gasteiger partial charge in [-0.3, -0.25) is 0 Å². The largest absolute Gasteiger partial charge is 0.486 e. The van der Waals surface area contributed by atoms with Gasteiger partial charge in [-0.25, -0.2) is 4.98 Å². The van der Waals surface area contributed by atoms with Crippen molar-refractivity contribution in [3.63, 3.8) is 0 Å². The molecule has 2 rings (SSSR count). The Morgan fingerprint density at radius 2 is 2.21 bits per heavy atom. The molecule has 0 spiro atoms. The minimum atomic E-state index is 0.436.